The number of rotatable bonds is 5. The summed E-state index contributed by atoms with van der Waals surface area (Å²) in [5, 5.41) is 11.4. The van der Waals surface area contributed by atoms with Crippen LogP contribution in [0.2, 0.25) is 0 Å². The van der Waals surface area contributed by atoms with Crippen LogP contribution in [0.1, 0.15) is 16.1 Å². The summed E-state index contributed by atoms with van der Waals surface area (Å²) in [6.07, 6.45) is -2.48. The van der Waals surface area contributed by atoms with Crippen molar-refractivity contribution in [1.29, 1.82) is 0 Å². The van der Waals surface area contributed by atoms with Gasteiger partial charge in [0, 0.05) is 23.7 Å². The highest BCUT2D eigenvalue weighted by atomic mass is 32.2. The lowest BCUT2D eigenvalue weighted by Crippen LogP contribution is -2.22. The van der Waals surface area contributed by atoms with Crippen molar-refractivity contribution in [3.63, 3.8) is 0 Å². The molecule has 4 aromatic rings. The van der Waals surface area contributed by atoms with Crippen LogP contribution >= 0.6 is 0 Å². The van der Waals surface area contributed by atoms with E-state index in [2.05, 4.69) is 4.98 Å². The highest BCUT2D eigenvalue weighted by molar-refractivity contribution is 7.90. The zero-order valence-corrected chi connectivity index (χ0v) is 18.4. The summed E-state index contributed by atoms with van der Waals surface area (Å²) in [6, 6.07) is 17.5. The fourth-order valence-corrected chi connectivity index (χ4v) is 4.18. The van der Waals surface area contributed by atoms with E-state index in [0.717, 1.165) is 18.5 Å². The molecule has 0 aliphatic heterocycles. The quantitative estimate of drug-likeness (QED) is 0.426. The Bertz CT molecular complexity index is 1490. The highest BCUT2D eigenvalue weighted by Gasteiger charge is 2.34. The molecule has 0 bridgehead atoms. The normalized spacial score (nSPS) is 12.0. The lowest BCUT2D eigenvalue weighted by molar-refractivity contribution is -0.255. The van der Waals surface area contributed by atoms with E-state index >= 15 is 0 Å². The molecule has 174 valence electrons. The van der Waals surface area contributed by atoms with Gasteiger partial charge in [0.25, 0.3) is 0 Å². The minimum Gasteiger partial charge on any atom is -0.543 e. The lowest BCUT2D eigenvalue weighted by atomic mass is 10.0. The number of halogens is 3. The van der Waals surface area contributed by atoms with Gasteiger partial charge in [-0.3, -0.25) is 4.57 Å². The van der Waals surface area contributed by atoms with Gasteiger partial charge in [0.15, 0.2) is 9.84 Å². The number of carbonyl (C=O) groups excluding carboxylic acids is 1. The fourth-order valence-electron chi connectivity index (χ4n) is 3.51. The molecule has 10 heteroatoms. The number of sulfone groups is 1. The van der Waals surface area contributed by atoms with Gasteiger partial charge in [-0.25, -0.2) is 13.4 Å². The number of benzene rings is 3. The minimum absolute atomic E-state index is 0.147. The second-order valence-electron chi connectivity index (χ2n) is 7.50. The maximum atomic E-state index is 13.6. The van der Waals surface area contributed by atoms with E-state index in [1.54, 1.807) is 36.4 Å². The molecule has 0 N–H and O–H groups in total. The van der Waals surface area contributed by atoms with E-state index in [1.165, 1.54) is 34.9 Å². The Hall–Kier alpha value is -3.92. The predicted molar refractivity (Wildman–Crippen MR) is 117 cm³/mol. The van der Waals surface area contributed by atoms with Gasteiger partial charge in [-0.05, 0) is 41.5 Å². The second kappa shape index (κ2) is 8.45. The van der Waals surface area contributed by atoms with Gasteiger partial charge >= 0.3 is 6.18 Å². The van der Waals surface area contributed by atoms with Crippen LogP contribution in [0, 0.1) is 0 Å². The van der Waals surface area contributed by atoms with Crippen LogP contribution in [0.25, 0.3) is 28.2 Å². The second-order valence-corrected chi connectivity index (χ2v) is 9.51. The molecular formula is C24H16F3N2O4S-. The van der Waals surface area contributed by atoms with Gasteiger partial charge in [0.2, 0.25) is 0 Å². The van der Waals surface area contributed by atoms with Gasteiger partial charge in [-0.1, -0.05) is 42.5 Å². The number of carboxylic acid groups (broad SMARTS) is 1. The van der Waals surface area contributed by atoms with Crippen molar-refractivity contribution in [2.75, 3.05) is 6.26 Å². The van der Waals surface area contributed by atoms with Crippen molar-refractivity contribution in [3.8, 4) is 28.2 Å². The summed E-state index contributed by atoms with van der Waals surface area (Å²) in [6.45, 7) is 0. The molecule has 1 aromatic heterocycles. The molecule has 0 aliphatic carbocycles. The average molecular weight is 485 g/mol. The van der Waals surface area contributed by atoms with Crippen LogP contribution in [0.4, 0.5) is 13.2 Å². The van der Waals surface area contributed by atoms with E-state index in [0.29, 0.717) is 16.8 Å². The molecule has 0 amide bonds. The first-order valence-corrected chi connectivity index (χ1v) is 11.7. The molecule has 3 aromatic carbocycles. The molecule has 0 aliphatic rings. The monoisotopic (exact) mass is 485 g/mol. The number of carbonyl (C=O) groups is 1. The maximum absolute atomic E-state index is 13.6. The SMILES string of the molecule is CS(=O)(=O)c1cccc(-c2ccc(-n3cc(C(=O)[O-])nc3-c3ccccc3C(F)(F)F)cc2)c1. The number of aromatic carboxylic acids is 1. The van der Waals surface area contributed by atoms with Crippen LogP contribution in [0.5, 0.6) is 0 Å². The molecule has 0 saturated heterocycles. The van der Waals surface area contributed by atoms with Crippen molar-refractivity contribution in [2.24, 2.45) is 0 Å². The van der Waals surface area contributed by atoms with Crippen molar-refractivity contribution in [1.82, 2.24) is 9.55 Å². The summed E-state index contributed by atoms with van der Waals surface area (Å²) >= 11 is 0. The molecule has 4 rings (SSSR count). The van der Waals surface area contributed by atoms with Crippen molar-refractivity contribution in [3.05, 3.63) is 90.3 Å². The number of imidazole rings is 1. The number of aromatic nitrogens is 2. The molecule has 0 unspecified atom stereocenters. The molecule has 0 radical (unpaired) electrons. The highest BCUT2D eigenvalue weighted by Crippen LogP contribution is 2.37. The lowest BCUT2D eigenvalue weighted by Gasteiger charge is -2.14. The van der Waals surface area contributed by atoms with E-state index in [-0.39, 0.29) is 16.3 Å². The Labute approximate surface area is 192 Å². The zero-order valence-electron chi connectivity index (χ0n) is 17.6. The molecule has 0 fully saturated rings. The zero-order chi connectivity index (χ0) is 24.7. The number of hydrogen-bond donors (Lipinski definition) is 0. The van der Waals surface area contributed by atoms with Crippen LogP contribution in [0.3, 0.4) is 0 Å². The van der Waals surface area contributed by atoms with Crippen molar-refractivity contribution < 1.29 is 31.5 Å². The van der Waals surface area contributed by atoms with Crippen molar-refractivity contribution in [2.45, 2.75) is 11.1 Å². The molecular weight excluding hydrogens is 469 g/mol. The smallest absolute Gasteiger partial charge is 0.417 e. The Morgan fingerprint density at radius 2 is 1.62 bits per heavy atom. The molecule has 0 atom stereocenters. The first-order valence-electron chi connectivity index (χ1n) is 9.83. The van der Waals surface area contributed by atoms with E-state index in [4.69, 9.17) is 0 Å². The topological polar surface area (TPSA) is 92.1 Å². The Morgan fingerprint density at radius 3 is 2.24 bits per heavy atom. The van der Waals surface area contributed by atoms with Crippen LogP contribution in [-0.2, 0) is 16.0 Å². The van der Waals surface area contributed by atoms with Crippen LogP contribution in [-0.4, -0.2) is 30.2 Å². The van der Waals surface area contributed by atoms with Gasteiger partial charge < -0.3 is 9.90 Å². The van der Waals surface area contributed by atoms with Crippen molar-refractivity contribution >= 4 is 15.8 Å². The number of hydrogen-bond acceptors (Lipinski definition) is 5. The largest absolute Gasteiger partial charge is 0.543 e. The summed E-state index contributed by atoms with van der Waals surface area (Å²) < 4.78 is 65.7. The minimum atomic E-state index is -4.68. The number of alkyl halides is 3. The first kappa shape index (κ1) is 23.2. The van der Waals surface area contributed by atoms with Gasteiger partial charge in [-0.15, -0.1) is 0 Å². The molecule has 34 heavy (non-hydrogen) atoms. The third kappa shape index (κ3) is 4.58. The average Bonchev–Trinajstić information content (AvgIpc) is 3.24. The maximum Gasteiger partial charge on any atom is 0.417 e. The predicted octanol–water partition coefficient (Wildman–Crippen LogP) is 3.99. The first-order chi connectivity index (χ1) is 15.9. The van der Waals surface area contributed by atoms with Gasteiger partial charge in [0.05, 0.1) is 16.4 Å². The Balaban J connectivity index is 1.82. The molecule has 1 heterocycles. The van der Waals surface area contributed by atoms with Crippen LogP contribution in [0.15, 0.2) is 83.9 Å². The van der Waals surface area contributed by atoms with Gasteiger partial charge in [0.1, 0.15) is 11.5 Å². The summed E-state index contributed by atoms with van der Waals surface area (Å²) in [7, 11) is -3.41. The molecule has 6 nitrogen and oxygen atoms in total. The third-order valence-corrected chi connectivity index (χ3v) is 6.24. The fraction of sp³-hybridized carbons (Fsp3) is 0.0833. The Kier molecular flexibility index (Phi) is 5.78. The molecule has 0 saturated carbocycles. The summed E-state index contributed by atoms with van der Waals surface area (Å²) in [5.74, 6) is -1.84. The van der Waals surface area contributed by atoms with Gasteiger partial charge in [-0.2, -0.15) is 13.2 Å². The number of carboxylic acids is 1. The standard InChI is InChI=1S/C24H17F3N2O4S/c1-34(32,33)18-6-4-5-16(13-18)15-9-11-17(12-10-15)29-14-21(23(30)31)28-22(29)19-7-2-3-8-20(19)24(25,26)27/h2-14H,1H3,(H,30,31)/p-1. The van der Waals surface area contributed by atoms with E-state index < -0.39 is 33.2 Å². The number of nitrogens with zero attached hydrogens (tertiary/aromatic N) is 2. The van der Waals surface area contributed by atoms with E-state index in [9.17, 15) is 31.5 Å². The van der Waals surface area contributed by atoms with E-state index in [1.807, 2.05) is 0 Å². The Morgan fingerprint density at radius 1 is 0.941 bits per heavy atom. The third-order valence-electron chi connectivity index (χ3n) is 5.13. The molecule has 0 spiro atoms. The van der Waals surface area contributed by atoms with Crippen LogP contribution < -0.4 is 5.11 Å². The summed E-state index contributed by atoms with van der Waals surface area (Å²) in [5.41, 5.74) is -0.120. The summed E-state index contributed by atoms with van der Waals surface area (Å²) in [4.78, 5) is 15.4.